The van der Waals surface area contributed by atoms with Gasteiger partial charge >= 0.3 is 0 Å². The van der Waals surface area contributed by atoms with E-state index < -0.39 is 10.0 Å². The van der Waals surface area contributed by atoms with Crippen molar-refractivity contribution in [2.45, 2.75) is 25.2 Å². The summed E-state index contributed by atoms with van der Waals surface area (Å²) in [6.07, 6.45) is 0.790. The lowest BCUT2D eigenvalue weighted by atomic mass is 10.3. The SMILES string of the molecule is CCCNC(=O)CNS(=O)(=O)c1cc(Br)ccc1OCC. The van der Waals surface area contributed by atoms with Crippen molar-refractivity contribution in [3.63, 3.8) is 0 Å². The second-order valence-electron chi connectivity index (χ2n) is 4.20. The van der Waals surface area contributed by atoms with Gasteiger partial charge in [-0.05, 0) is 31.5 Å². The summed E-state index contributed by atoms with van der Waals surface area (Å²) < 4.78 is 32.7. The Bertz CT molecular complexity index is 590. The molecule has 1 amide bonds. The van der Waals surface area contributed by atoms with Crippen molar-refractivity contribution in [1.29, 1.82) is 0 Å². The first-order valence-corrected chi connectivity index (χ1v) is 8.87. The molecule has 6 nitrogen and oxygen atoms in total. The summed E-state index contributed by atoms with van der Waals surface area (Å²) in [4.78, 5) is 11.5. The summed E-state index contributed by atoms with van der Waals surface area (Å²) in [5.41, 5.74) is 0. The van der Waals surface area contributed by atoms with Crippen LogP contribution in [0.4, 0.5) is 0 Å². The van der Waals surface area contributed by atoms with Crippen LogP contribution in [0.15, 0.2) is 27.6 Å². The number of ether oxygens (including phenoxy) is 1. The van der Waals surface area contributed by atoms with E-state index in [0.29, 0.717) is 17.6 Å². The molecule has 0 unspecified atom stereocenters. The summed E-state index contributed by atoms with van der Waals surface area (Å²) in [6, 6.07) is 4.70. The Balaban J connectivity index is 2.87. The summed E-state index contributed by atoms with van der Waals surface area (Å²) in [5, 5.41) is 2.60. The van der Waals surface area contributed by atoms with Gasteiger partial charge in [-0.15, -0.1) is 0 Å². The smallest absolute Gasteiger partial charge is 0.244 e. The van der Waals surface area contributed by atoms with E-state index in [4.69, 9.17) is 4.74 Å². The number of hydrogen-bond donors (Lipinski definition) is 2. The van der Waals surface area contributed by atoms with Crippen LogP contribution in [0.3, 0.4) is 0 Å². The average Bonchev–Trinajstić information content (AvgIpc) is 2.45. The van der Waals surface area contributed by atoms with Gasteiger partial charge in [-0.1, -0.05) is 22.9 Å². The minimum Gasteiger partial charge on any atom is -0.492 e. The number of benzene rings is 1. The molecule has 118 valence electrons. The standard InChI is InChI=1S/C13H19BrN2O4S/c1-3-7-15-13(17)9-16-21(18,19)12-8-10(14)5-6-11(12)20-4-2/h5-6,8,16H,3-4,7,9H2,1-2H3,(H,15,17). The fourth-order valence-electron chi connectivity index (χ4n) is 1.53. The van der Waals surface area contributed by atoms with Crippen molar-refractivity contribution < 1.29 is 17.9 Å². The molecule has 0 fully saturated rings. The fraction of sp³-hybridized carbons (Fsp3) is 0.462. The van der Waals surface area contributed by atoms with E-state index >= 15 is 0 Å². The van der Waals surface area contributed by atoms with Gasteiger partial charge in [-0.25, -0.2) is 13.1 Å². The van der Waals surface area contributed by atoms with E-state index in [9.17, 15) is 13.2 Å². The zero-order valence-electron chi connectivity index (χ0n) is 12.0. The number of carbonyl (C=O) groups is 1. The predicted molar refractivity (Wildman–Crippen MR) is 83.8 cm³/mol. The number of nitrogens with one attached hydrogen (secondary N) is 2. The summed E-state index contributed by atoms with van der Waals surface area (Å²) in [6.45, 7) is 4.24. The van der Waals surface area contributed by atoms with E-state index in [1.54, 1.807) is 19.1 Å². The molecule has 0 bridgehead atoms. The van der Waals surface area contributed by atoms with Crippen molar-refractivity contribution in [2.24, 2.45) is 0 Å². The maximum Gasteiger partial charge on any atom is 0.244 e. The van der Waals surface area contributed by atoms with Crippen LogP contribution in [0.2, 0.25) is 0 Å². The maximum absolute atomic E-state index is 12.3. The van der Waals surface area contributed by atoms with Gasteiger partial charge in [-0.3, -0.25) is 4.79 Å². The summed E-state index contributed by atoms with van der Waals surface area (Å²) in [5.74, 6) is -0.115. The highest BCUT2D eigenvalue weighted by atomic mass is 79.9. The molecule has 2 N–H and O–H groups in total. The van der Waals surface area contributed by atoms with E-state index in [2.05, 4.69) is 26.0 Å². The molecule has 0 atom stereocenters. The third-order valence-electron chi connectivity index (χ3n) is 2.49. The first kappa shape index (κ1) is 17.9. The molecule has 0 heterocycles. The van der Waals surface area contributed by atoms with Crippen LogP contribution in [0.25, 0.3) is 0 Å². The molecule has 0 saturated carbocycles. The Labute approximate surface area is 133 Å². The Morgan fingerprint density at radius 3 is 2.67 bits per heavy atom. The molecule has 1 rings (SSSR count). The topological polar surface area (TPSA) is 84.5 Å². The zero-order chi connectivity index (χ0) is 15.9. The predicted octanol–water partition coefficient (Wildman–Crippen LogP) is 1.65. The lowest BCUT2D eigenvalue weighted by molar-refractivity contribution is -0.119. The molecule has 8 heteroatoms. The van der Waals surface area contributed by atoms with Gasteiger partial charge in [0.15, 0.2) is 0 Å². The van der Waals surface area contributed by atoms with E-state index in [0.717, 1.165) is 6.42 Å². The first-order valence-electron chi connectivity index (χ1n) is 6.59. The second-order valence-corrected chi connectivity index (χ2v) is 6.85. The molecule has 0 saturated heterocycles. The largest absolute Gasteiger partial charge is 0.492 e. The summed E-state index contributed by atoms with van der Waals surface area (Å²) >= 11 is 3.23. The molecule has 0 radical (unpaired) electrons. The van der Waals surface area contributed by atoms with Crippen molar-refractivity contribution in [3.8, 4) is 5.75 Å². The maximum atomic E-state index is 12.3. The number of halogens is 1. The minimum absolute atomic E-state index is 0.00187. The number of hydrogen-bond acceptors (Lipinski definition) is 4. The zero-order valence-corrected chi connectivity index (χ0v) is 14.4. The van der Waals surface area contributed by atoms with E-state index in [1.165, 1.54) is 6.07 Å². The lowest BCUT2D eigenvalue weighted by Gasteiger charge is -2.12. The van der Waals surface area contributed by atoms with Crippen molar-refractivity contribution >= 4 is 31.9 Å². The van der Waals surface area contributed by atoms with Gasteiger partial charge in [0.1, 0.15) is 10.6 Å². The Kier molecular flexibility index (Phi) is 7.13. The van der Waals surface area contributed by atoms with Crippen molar-refractivity contribution in [2.75, 3.05) is 19.7 Å². The van der Waals surface area contributed by atoms with Crippen LogP contribution < -0.4 is 14.8 Å². The van der Waals surface area contributed by atoms with Gasteiger partial charge in [0.2, 0.25) is 15.9 Å². The second kappa shape index (κ2) is 8.35. The van der Waals surface area contributed by atoms with E-state index in [1.807, 2.05) is 6.92 Å². The van der Waals surface area contributed by atoms with Crippen LogP contribution in [0, 0.1) is 0 Å². The molecule has 1 aromatic carbocycles. The Hall–Kier alpha value is -1.12. The van der Waals surface area contributed by atoms with Crippen LogP contribution in [0.5, 0.6) is 5.75 Å². The molecular formula is C13H19BrN2O4S. The molecule has 0 aliphatic heterocycles. The van der Waals surface area contributed by atoms with Gasteiger partial charge < -0.3 is 10.1 Å². The third kappa shape index (κ3) is 5.64. The van der Waals surface area contributed by atoms with Crippen LogP contribution in [-0.4, -0.2) is 34.0 Å². The molecule has 21 heavy (non-hydrogen) atoms. The molecule has 0 spiro atoms. The van der Waals surface area contributed by atoms with Crippen LogP contribution in [0.1, 0.15) is 20.3 Å². The molecule has 0 aromatic heterocycles. The Morgan fingerprint density at radius 1 is 1.33 bits per heavy atom. The van der Waals surface area contributed by atoms with Gasteiger partial charge in [0.25, 0.3) is 0 Å². The van der Waals surface area contributed by atoms with E-state index in [-0.39, 0.29) is 23.1 Å². The van der Waals surface area contributed by atoms with Crippen LogP contribution in [-0.2, 0) is 14.8 Å². The van der Waals surface area contributed by atoms with Crippen molar-refractivity contribution in [3.05, 3.63) is 22.7 Å². The highest BCUT2D eigenvalue weighted by molar-refractivity contribution is 9.10. The summed E-state index contributed by atoms with van der Waals surface area (Å²) in [7, 11) is -3.82. The normalized spacial score (nSPS) is 11.2. The highest BCUT2D eigenvalue weighted by Gasteiger charge is 2.20. The molecule has 1 aromatic rings. The first-order chi connectivity index (χ1) is 9.90. The number of carbonyl (C=O) groups excluding carboxylic acids is 1. The number of sulfonamides is 1. The molecular weight excluding hydrogens is 360 g/mol. The quantitative estimate of drug-likeness (QED) is 0.720. The third-order valence-corrected chi connectivity index (χ3v) is 4.41. The Morgan fingerprint density at radius 2 is 2.05 bits per heavy atom. The minimum atomic E-state index is -3.82. The molecule has 0 aliphatic rings. The van der Waals surface area contributed by atoms with Gasteiger partial charge in [-0.2, -0.15) is 0 Å². The van der Waals surface area contributed by atoms with Gasteiger partial charge in [0, 0.05) is 11.0 Å². The highest BCUT2D eigenvalue weighted by Crippen LogP contribution is 2.27. The average molecular weight is 379 g/mol. The van der Waals surface area contributed by atoms with Crippen molar-refractivity contribution in [1.82, 2.24) is 10.0 Å². The van der Waals surface area contributed by atoms with Gasteiger partial charge in [0.05, 0.1) is 13.2 Å². The monoisotopic (exact) mass is 378 g/mol. The molecule has 0 aliphatic carbocycles. The van der Waals surface area contributed by atoms with Crippen LogP contribution >= 0.6 is 15.9 Å². The number of rotatable bonds is 8. The lowest BCUT2D eigenvalue weighted by Crippen LogP contribution is -2.37. The fourth-order valence-corrected chi connectivity index (χ4v) is 3.20. The number of amides is 1.